The predicted molar refractivity (Wildman–Crippen MR) is 137 cm³/mol. The molecule has 0 spiro atoms. The highest BCUT2D eigenvalue weighted by Gasteiger charge is 2.21. The van der Waals surface area contributed by atoms with Gasteiger partial charge < -0.3 is 10.1 Å². The molecule has 6 rings (SSSR count). The van der Waals surface area contributed by atoms with Crippen LogP contribution in [-0.4, -0.2) is 27.6 Å². The van der Waals surface area contributed by atoms with Gasteiger partial charge in [-0.1, -0.05) is 12.1 Å². The maximum Gasteiger partial charge on any atom is 0.261 e. The van der Waals surface area contributed by atoms with Crippen molar-refractivity contribution < 1.29 is 9.13 Å². The third-order valence-corrected chi connectivity index (χ3v) is 7.21. The van der Waals surface area contributed by atoms with E-state index in [4.69, 9.17) is 9.72 Å². The fourth-order valence-electron chi connectivity index (χ4n) is 4.65. The summed E-state index contributed by atoms with van der Waals surface area (Å²) < 4.78 is 23.5. The van der Waals surface area contributed by atoms with Crippen LogP contribution in [0.3, 0.4) is 0 Å². The summed E-state index contributed by atoms with van der Waals surface area (Å²) in [6.45, 7) is 2.28. The Morgan fingerprint density at radius 3 is 2.74 bits per heavy atom. The van der Waals surface area contributed by atoms with E-state index in [1.807, 2.05) is 18.2 Å². The Morgan fingerprint density at radius 2 is 1.91 bits per heavy atom. The number of thiazole rings is 1. The van der Waals surface area contributed by atoms with E-state index in [1.165, 1.54) is 6.07 Å². The second-order valence-electron chi connectivity index (χ2n) is 8.81. The van der Waals surface area contributed by atoms with E-state index >= 15 is 0 Å². The van der Waals surface area contributed by atoms with Crippen molar-refractivity contribution in [1.29, 1.82) is 0 Å². The van der Waals surface area contributed by atoms with Crippen LogP contribution < -0.4 is 15.6 Å². The largest absolute Gasteiger partial charge is 0.457 e. The molecule has 8 heteroatoms. The molecular weight excluding hydrogens is 463 g/mol. The number of aromatic nitrogens is 3. The molecule has 1 atom stereocenters. The van der Waals surface area contributed by atoms with Crippen LogP contribution in [0.25, 0.3) is 32.5 Å². The fraction of sp³-hybridized carbons (Fsp3) is 0.222. The van der Waals surface area contributed by atoms with Crippen molar-refractivity contribution >= 4 is 32.5 Å². The first-order valence-electron chi connectivity index (χ1n) is 11.7. The van der Waals surface area contributed by atoms with E-state index in [2.05, 4.69) is 10.3 Å². The lowest BCUT2D eigenvalue weighted by Crippen LogP contribution is -2.35. The summed E-state index contributed by atoms with van der Waals surface area (Å²) in [6.07, 6.45) is 2.06. The predicted octanol–water partition coefficient (Wildman–Crippen LogP) is 5.60. The average Bonchev–Trinajstić information content (AvgIpc) is 3.35. The molecule has 176 valence electrons. The molecule has 2 aromatic heterocycles. The first-order chi connectivity index (χ1) is 17.2. The van der Waals surface area contributed by atoms with Crippen molar-refractivity contribution in [1.82, 2.24) is 19.9 Å². The van der Waals surface area contributed by atoms with Crippen LogP contribution in [-0.2, 0) is 6.54 Å². The summed E-state index contributed by atoms with van der Waals surface area (Å²) in [4.78, 5) is 22.8. The van der Waals surface area contributed by atoms with Gasteiger partial charge in [0.15, 0.2) is 0 Å². The lowest BCUT2D eigenvalue weighted by molar-refractivity contribution is 0.334. The van der Waals surface area contributed by atoms with E-state index in [1.54, 1.807) is 57.8 Å². The van der Waals surface area contributed by atoms with Gasteiger partial charge in [-0.25, -0.2) is 14.4 Å². The van der Waals surface area contributed by atoms with Gasteiger partial charge in [-0.05, 0) is 74.3 Å². The molecule has 1 unspecified atom stereocenters. The van der Waals surface area contributed by atoms with Gasteiger partial charge in [0.1, 0.15) is 23.1 Å². The van der Waals surface area contributed by atoms with E-state index in [0.717, 1.165) is 36.1 Å². The van der Waals surface area contributed by atoms with Crippen LogP contribution in [0.1, 0.15) is 12.8 Å². The summed E-state index contributed by atoms with van der Waals surface area (Å²) in [5.41, 5.74) is 3.37. The van der Waals surface area contributed by atoms with E-state index < -0.39 is 5.82 Å². The van der Waals surface area contributed by atoms with Crippen LogP contribution in [0.4, 0.5) is 4.39 Å². The molecule has 35 heavy (non-hydrogen) atoms. The number of nitrogens with zero attached hydrogens (tertiary/aromatic N) is 3. The van der Waals surface area contributed by atoms with Crippen LogP contribution in [0.2, 0.25) is 0 Å². The normalized spacial score (nSPS) is 16.1. The third kappa shape index (κ3) is 4.31. The minimum atomic E-state index is -0.396. The third-order valence-electron chi connectivity index (χ3n) is 6.42. The Kier molecular flexibility index (Phi) is 5.75. The molecule has 0 saturated carbocycles. The van der Waals surface area contributed by atoms with Crippen molar-refractivity contribution in [2.45, 2.75) is 19.4 Å². The van der Waals surface area contributed by atoms with Crippen LogP contribution in [0.5, 0.6) is 11.5 Å². The number of ether oxygens (including phenoxy) is 1. The highest BCUT2D eigenvalue weighted by atomic mass is 32.1. The standard InChI is InChI=1S/C27H23FN4O2S/c28-22-6-2-1-5-20(22)26-31-23-9-7-18(34-19-8-10-24-25(13-19)35-16-30-24)12-21(23)27(33)32(26)15-17-4-3-11-29-14-17/h1-2,5-10,12-13,16-17,29H,3-4,11,14-15H2. The Bertz CT molecular complexity index is 1590. The summed E-state index contributed by atoms with van der Waals surface area (Å²) in [7, 11) is 0. The molecule has 0 amide bonds. The Morgan fingerprint density at radius 1 is 1.09 bits per heavy atom. The second-order valence-corrected chi connectivity index (χ2v) is 9.69. The van der Waals surface area contributed by atoms with Crippen molar-refractivity contribution in [2.24, 2.45) is 5.92 Å². The number of piperidine rings is 1. The van der Waals surface area contributed by atoms with Gasteiger partial charge in [0, 0.05) is 12.6 Å². The zero-order valence-corrected chi connectivity index (χ0v) is 19.7. The van der Waals surface area contributed by atoms with Gasteiger partial charge in [-0.15, -0.1) is 11.3 Å². The molecule has 0 aliphatic carbocycles. The molecule has 5 aromatic rings. The number of benzene rings is 3. The minimum Gasteiger partial charge on any atom is -0.457 e. The van der Waals surface area contributed by atoms with Gasteiger partial charge in [0.2, 0.25) is 0 Å². The van der Waals surface area contributed by atoms with Gasteiger partial charge in [0.05, 0.1) is 32.2 Å². The average molecular weight is 487 g/mol. The monoisotopic (exact) mass is 486 g/mol. The molecule has 1 aliphatic rings. The lowest BCUT2D eigenvalue weighted by atomic mass is 9.99. The summed E-state index contributed by atoms with van der Waals surface area (Å²) >= 11 is 1.55. The zero-order chi connectivity index (χ0) is 23.8. The molecule has 1 aliphatic heterocycles. The van der Waals surface area contributed by atoms with Crippen LogP contribution in [0.15, 0.2) is 71.0 Å². The highest BCUT2D eigenvalue weighted by Crippen LogP contribution is 2.30. The maximum atomic E-state index is 14.8. The number of hydrogen-bond donors (Lipinski definition) is 1. The molecule has 0 radical (unpaired) electrons. The smallest absolute Gasteiger partial charge is 0.261 e. The second kappa shape index (κ2) is 9.20. The topological polar surface area (TPSA) is 69.0 Å². The highest BCUT2D eigenvalue weighted by molar-refractivity contribution is 7.16. The Hall–Kier alpha value is -3.62. The molecule has 1 fully saturated rings. The van der Waals surface area contributed by atoms with Gasteiger partial charge in [-0.3, -0.25) is 9.36 Å². The molecule has 6 nitrogen and oxygen atoms in total. The van der Waals surface area contributed by atoms with E-state index in [-0.39, 0.29) is 11.5 Å². The maximum absolute atomic E-state index is 14.8. The number of rotatable bonds is 5. The summed E-state index contributed by atoms with van der Waals surface area (Å²) in [5.74, 6) is 1.45. The number of hydrogen-bond acceptors (Lipinski definition) is 6. The summed E-state index contributed by atoms with van der Waals surface area (Å²) in [6, 6.07) is 17.4. The molecule has 1 N–H and O–H groups in total. The van der Waals surface area contributed by atoms with Gasteiger partial charge in [0.25, 0.3) is 5.56 Å². The number of fused-ring (bicyclic) bond motifs is 2. The zero-order valence-electron chi connectivity index (χ0n) is 18.9. The van der Waals surface area contributed by atoms with Crippen LogP contribution in [0, 0.1) is 11.7 Å². The fourth-order valence-corrected chi connectivity index (χ4v) is 5.36. The van der Waals surface area contributed by atoms with Crippen molar-refractivity contribution in [2.75, 3.05) is 13.1 Å². The van der Waals surface area contributed by atoms with E-state index in [9.17, 15) is 9.18 Å². The first-order valence-corrected chi connectivity index (χ1v) is 12.5. The Labute approximate surface area is 205 Å². The quantitative estimate of drug-likeness (QED) is 0.350. The molecular formula is C27H23FN4O2S. The summed E-state index contributed by atoms with van der Waals surface area (Å²) in [5, 5.41) is 3.85. The molecule has 3 heterocycles. The molecule has 1 saturated heterocycles. The Balaban J connectivity index is 1.44. The molecule has 3 aromatic carbocycles. The van der Waals surface area contributed by atoms with Gasteiger partial charge >= 0.3 is 0 Å². The van der Waals surface area contributed by atoms with E-state index in [0.29, 0.717) is 40.3 Å². The number of nitrogens with one attached hydrogen (secondary N) is 1. The minimum absolute atomic E-state index is 0.192. The van der Waals surface area contributed by atoms with Crippen molar-refractivity contribution in [3.8, 4) is 22.9 Å². The lowest BCUT2D eigenvalue weighted by Gasteiger charge is -2.25. The first kappa shape index (κ1) is 21.9. The SMILES string of the molecule is O=c1c2cc(Oc3ccc4ncsc4c3)ccc2nc(-c2ccccc2F)n1CC1CCCNC1. The van der Waals surface area contributed by atoms with Gasteiger partial charge in [-0.2, -0.15) is 0 Å². The van der Waals surface area contributed by atoms with Crippen LogP contribution >= 0.6 is 11.3 Å². The molecule has 0 bridgehead atoms. The number of halogens is 1. The van der Waals surface area contributed by atoms with Crippen molar-refractivity contribution in [3.05, 3.63) is 82.3 Å². The van der Waals surface area contributed by atoms with Crippen molar-refractivity contribution in [3.63, 3.8) is 0 Å².